The Morgan fingerprint density at radius 2 is 2.00 bits per heavy atom. The molecule has 4 nitrogen and oxygen atoms in total. The van der Waals surface area contributed by atoms with Crippen molar-refractivity contribution in [2.75, 3.05) is 13.1 Å². The van der Waals surface area contributed by atoms with Gasteiger partial charge in [-0.05, 0) is 11.1 Å². The van der Waals surface area contributed by atoms with Crippen molar-refractivity contribution < 1.29 is 9.69 Å². The third kappa shape index (κ3) is 1.89. The SMILES string of the molecule is CCC(=O)N1NC2=C3CC[NH+](CC3)C2C1c1ccccc1. The zero-order valence-corrected chi connectivity index (χ0v) is 12.4. The zero-order chi connectivity index (χ0) is 14.4. The van der Waals surface area contributed by atoms with Gasteiger partial charge in [-0.2, -0.15) is 0 Å². The van der Waals surface area contributed by atoms with Gasteiger partial charge in [-0.1, -0.05) is 37.3 Å². The number of hydrazine groups is 1. The fourth-order valence-electron chi connectivity index (χ4n) is 4.13. The van der Waals surface area contributed by atoms with Crippen molar-refractivity contribution in [2.45, 2.75) is 38.3 Å². The van der Waals surface area contributed by atoms with Crippen LogP contribution in [-0.2, 0) is 4.79 Å². The number of hydrogen-bond acceptors (Lipinski definition) is 2. The molecule has 2 saturated heterocycles. The molecule has 4 aliphatic rings. The van der Waals surface area contributed by atoms with E-state index in [4.69, 9.17) is 0 Å². The molecule has 1 amide bonds. The second-order valence-corrected chi connectivity index (χ2v) is 6.24. The average molecular weight is 284 g/mol. The number of carbonyl (C=O) groups is 1. The van der Waals surface area contributed by atoms with Gasteiger partial charge in [0.2, 0.25) is 5.91 Å². The molecule has 4 heterocycles. The molecule has 5 rings (SSSR count). The van der Waals surface area contributed by atoms with Gasteiger partial charge >= 0.3 is 0 Å². The first-order valence-corrected chi connectivity index (χ1v) is 7.99. The number of piperidine rings is 1. The average Bonchev–Trinajstić information content (AvgIpc) is 2.98. The standard InChI is InChI=1S/C17H21N3O/c1-2-14(21)20-16(13-6-4-3-5-7-13)17-15(18-20)12-8-10-19(17)11-9-12/h3-7,16-18H,2,8-11H2,1H3/p+1. The third-order valence-corrected chi connectivity index (χ3v) is 5.17. The van der Waals surface area contributed by atoms with Crippen molar-refractivity contribution >= 4 is 5.91 Å². The number of amides is 1. The van der Waals surface area contributed by atoms with Crippen molar-refractivity contribution in [1.82, 2.24) is 10.4 Å². The molecule has 0 aromatic heterocycles. The van der Waals surface area contributed by atoms with Crippen LogP contribution in [-0.4, -0.2) is 30.0 Å². The lowest BCUT2D eigenvalue weighted by atomic mass is 9.86. The van der Waals surface area contributed by atoms with Crippen LogP contribution in [0, 0.1) is 0 Å². The molecular formula is C17H22N3O+. The van der Waals surface area contributed by atoms with Crippen molar-refractivity contribution in [3.8, 4) is 0 Å². The van der Waals surface area contributed by atoms with Gasteiger partial charge in [-0.15, -0.1) is 0 Å². The maximum absolute atomic E-state index is 12.4. The Hall–Kier alpha value is -1.81. The number of benzene rings is 1. The lowest BCUT2D eigenvalue weighted by Crippen LogP contribution is -3.18. The molecule has 0 spiro atoms. The Morgan fingerprint density at radius 1 is 1.29 bits per heavy atom. The summed E-state index contributed by atoms with van der Waals surface area (Å²) in [6.45, 7) is 4.36. The Balaban J connectivity index is 1.80. The number of rotatable bonds is 2. The van der Waals surface area contributed by atoms with E-state index >= 15 is 0 Å². The van der Waals surface area contributed by atoms with E-state index in [0.717, 1.165) is 0 Å². The minimum atomic E-state index is 0.138. The van der Waals surface area contributed by atoms with Crippen LogP contribution in [0.15, 0.2) is 41.6 Å². The number of fused-ring (bicyclic) bond motifs is 2. The summed E-state index contributed by atoms with van der Waals surface area (Å²) < 4.78 is 0. The summed E-state index contributed by atoms with van der Waals surface area (Å²) in [5.41, 5.74) is 7.58. The second kappa shape index (κ2) is 4.88. The van der Waals surface area contributed by atoms with E-state index in [1.54, 1.807) is 10.5 Å². The lowest BCUT2D eigenvalue weighted by molar-refractivity contribution is -0.927. The van der Waals surface area contributed by atoms with Gasteiger partial charge in [0.05, 0.1) is 18.8 Å². The van der Waals surface area contributed by atoms with Crippen LogP contribution in [0.1, 0.15) is 37.8 Å². The lowest BCUT2D eigenvalue weighted by Gasteiger charge is -2.38. The van der Waals surface area contributed by atoms with Crippen LogP contribution in [0.2, 0.25) is 0 Å². The number of nitrogens with zero attached hydrogens (tertiary/aromatic N) is 1. The molecule has 1 aromatic rings. The Bertz CT molecular complexity index is 585. The van der Waals surface area contributed by atoms with Crippen LogP contribution >= 0.6 is 0 Å². The summed E-state index contributed by atoms with van der Waals surface area (Å²) in [6.07, 6.45) is 2.91. The molecule has 0 saturated carbocycles. The topological polar surface area (TPSA) is 36.8 Å². The number of hydrogen-bond donors (Lipinski definition) is 2. The van der Waals surface area contributed by atoms with Gasteiger partial charge in [0.15, 0.2) is 6.04 Å². The van der Waals surface area contributed by atoms with E-state index in [0.29, 0.717) is 12.5 Å². The molecule has 2 unspecified atom stereocenters. The van der Waals surface area contributed by atoms with Crippen LogP contribution in [0.5, 0.6) is 0 Å². The van der Waals surface area contributed by atoms with Gasteiger partial charge in [0.1, 0.15) is 6.04 Å². The summed E-state index contributed by atoms with van der Waals surface area (Å²) in [4.78, 5) is 14.0. The zero-order valence-electron chi connectivity index (χ0n) is 12.4. The third-order valence-electron chi connectivity index (χ3n) is 5.17. The van der Waals surface area contributed by atoms with E-state index < -0.39 is 0 Å². The Kier molecular flexibility index (Phi) is 3.00. The van der Waals surface area contributed by atoms with Gasteiger partial charge in [0.25, 0.3) is 0 Å². The van der Waals surface area contributed by atoms with E-state index in [-0.39, 0.29) is 11.9 Å². The molecular weight excluding hydrogens is 262 g/mol. The minimum Gasteiger partial charge on any atom is -0.325 e. The number of nitrogens with one attached hydrogen (secondary N) is 2. The van der Waals surface area contributed by atoms with Gasteiger partial charge in [-0.3, -0.25) is 10.2 Å². The quantitative estimate of drug-likeness (QED) is 0.843. The van der Waals surface area contributed by atoms with Gasteiger partial charge in [-0.25, -0.2) is 5.01 Å². The molecule has 110 valence electrons. The Morgan fingerprint density at radius 3 is 2.67 bits per heavy atom. The molecule has 0 radical (unpaired) electrons. The summed E-state index contributed by atoms with van der Waals surface area (Å²) in [5.74, 6) is 0.186. The molecule has 4 aliphatic heterocycles. The number of quaternary nitrogens is 1. The summed E-state index contributed by atoms with van der Waals surface area (Å²) in [6, 6.07) is 11.0. The highest BCUT2D eigenvalue weighted by molar-refractivity contribution is 5.77. The van der Waals surface area contributed by atoms with Crippen molar-refractivity contribution in [1.29, 1.82) is 0 Å². The van der Waals surface area contributed by atoms with Crippen LogP contribution < -0.4 is 10.3 Å². The van der Waals surface area contributed by atoms with E-state index in [9.17, 15) is 4.79 Å². The van der Waals surface area contributed by atoms with Crippen molar-refractivity contribution in [3.63, 3.8) is 0 Å². The first-order valence-electron chi connectivity index (χ1n) is 7.99. The fraction of sp³-hybridized carbons (Fsp3) is 0.471. The molecule has 1 aromatic carbocycles. The molecule has 2 N–H and O–H groups in total. The predicted octanol–water partition coefficient (Wildman–Crippen LogP) is 0.800. The normalized spacial score (nSPS) is 30.3. The van der Waals surface area contributed by atoms with Crippen LogP contribution in [0.25, 0.3) is 0 Å². The second-order valence-electron chi connectivity index (χ2n) is 6.24. The smallest absolute Gasteiger partial charge is 0.241 e. The number of carbonyl (C=O) groups excluding carboxylic acids is 1. The van der Waals surface area contributed by atoms with E-state index in [2.05, 4.69) is 29.7 Å². The predicted molar refractivity (Wildman–Crippen MR) is 80.2 cm³/mol. The fourth-order valence-corrected chi connectivity index (χ4v) is 4.13. The monoisotopic (exact) mass is 284 g/mol. The Labute approximate surface area is 125 Å². The maximum atomic E-state index is 12.4. The van der Waals surface area contributed by atoms with E-state index in [1.165, 1.54) is 37.2 Å². The molecule has 2 bridgehead atoms. The highest BCUT2D eigenvalue weighted by Crippen LogP contribution is 2.36. The van der Waals surface area contributed by atoms with Crippen LogP contribution in [0.3, 0.4) is 0 Å². The molecule has 4 heteroatoms. The van der Waals surface area contributed by atoms with Gasteiger partial charge < -0.3 is 4.90 Å². The highest BCUT2D eigenvalue weighted by Gasteiger charge is 2.51. The van der Waals surface area contributed by atoms with Crippen molar-refractivity contribution in [2.24, 2.45) is 0 Å². The van der Waals surface area contributed by atoms with Crippen molar-refractivity contribution in [3.05, 3.63) is 47.2 Å². The minimum absolute atomic E-state index is 0.138. The molecule has 21 heavy (non-hydrogen) atoms. The highest BCUT2D eigenvalue weighted by atomic mass is 16.2. The maximum Gasteiger partial charge on any atom is 0.241 e. The summed E-state index contributed by atoms with van der Waals surface area (Å²) in [7, 11) is 0. The largest absolute Gasteiger partial charge is 0.325 e. The molecule has 0 aliphatic carbocycles. The summed E-state index contributed by atoms with van der Waals surface area (Å²) in [5, 5.41) is 1.89. The van der Waals surface area contributed by atoms with Gasteiger partial charge in [0, 0.05) is 19.3 Å². The summed E-state index contributed by atoms with van der Waals surface area (Å²) >= 11 is 0. The first kappa shape index (κ1) is 12.9. The molecule has 2 atom stereocenters. The van der Waals surface area contributed by atoms with E-state index in [1.807, 2.05) is 18.0 Å². The van der Waals surface area contributed by atoms with Crippen LogP contribution in [0.4, 0.5) is 0 Å². The molecule has 2 fully saturated rings. The first-order chi connectivity index (χ1) is 10.3.